The van der Waals surface area contributed by atoms with Crippen molar-refractivity contribution in [2.75, 3.05) is 12.4 Å². The Morgan fingerprint density at radius 3 is 2.27 bits per heavy atom. The fourth-order valence-corrected chi connectivity index (χ4v) is 1.73. The summed E-state index contributed by atoms with van der Waals surface area (Å²) in [5.41, 5.74) is 0.841. The molecule has 120 valence electrons. The van der Waals surface area contributed by atoms with Gasteiger partial charge in [0.15, 0.2) is 0 Å². The van der Waals surface area contributed by atoms with Crippen molar-refractivity contribution in [1.29, 1.82) is 0 Å². The third-order valence-corrected chi connectivity index (χ3v) is 3.08. The number of rotatable bonds is 7. The molecule has 0 spiro atoms. The maximum atomic E-state index is 11.8. The predicted octanol–water partition coefficient (Wildman–Crippen LogP) is 1.25. The van der Waals surface area contributed by atoms with E-state index in [1.807, 2.05) is 6.92 Å². The molecule has 1 rings (SSSR count). The second-order valence-corrected chi connectivity index (χ2v) is 4.73. The fraction of sp³-hybridized carbons (Fsp3) is 0.400. The lowest BCUT2D eigenvalue weighted by atomic mass is 10.1. The van der Waals surface area contributed by atoms with Gasteiger partial charge in [-0.05, 0) is 37.6 Å². The Morgan fingerprint density at radius 2 is 1.82 bits per heavy atom. The number of carbonyl (C=O) groups is 3. The van der Waals surface area contributed by atoms with Crippen LogP contribution in [0.25, 0.3) is 0 Å². The van der Waals surface area contributed by atoms with Gasteiger partial charge in [0.05, 0.1) is 0 Å². The van der Waals surface area contributed by atoms with E-state index in [0.717, 1.165) is 0 Å². The van der Waals surface area contributed by atoms with Crippen LogP contribution in [-0.2, 0) is 14.3 Å². The molecule has 7 nitrogen and oxygen atoms in total. The van der Waals surface area contributed by atoms with Crippen LogP contribution in [0.4, 0.5) is 5.69 Å². The molecular formula is C15H20N2O5. The molecule has 0 saturated carbocycles. The van der Waals surface area contributed by atoms with Crippen LogP contribution in [0.3, 0.4) is 0 Å². The van der Waals surface area contributed by atoms with Crippen molar-refractivity contribution in [1.82, 2.24) is 5.32 Å². The zero-order valence-electron chi connectivity index (χ0n) is 12.8. The molecule has 7 heteroatoms. The highest BCUT2D eigenvalue weighted by atomic mass is 16.5. The number of carboxylic acid groups (broad SMARTS) is 1. The van der Waals surface area contributed by atoms with E-state index in [9.17, 15) is 14.4 Å². The molecule has 1 aromatic carbocycles. The summed E-state index contributed by atoms with van der Waals surface area (Å²) in [5.74, 6) is -1.86. The average Bonchev–Trinajstić information content (AvgIpc) is 2.48. The molecule has 0 aromatic heterocycles. The Morgan fingerprint density at radius 1 is 1.23 bits per heavy atom. The third kappa shape index (κ3) is 4.85. The highest BCUT2D eigenvalue weighted by molar-refractivity contribution is 5.98. The lowest BCUT2D eigenvalue weighted by Crippen LogP contribution is -2.38. The van der Waals surface area contributed by atoms with Gasteiger partial charge in [-0.2, -0.15) is 0 Å². The van der Waals surface area contributed by atoms with Crippen LogP contribution in [0.2, 0.25) is 0 Å². The summed E-state index contributed by atoms with van der Waals surface area (Å²) in [7, 11) is 1.46. The number of hydrogen-bond donors (Lipinski definition) is 3. The zero-order chi connectivity index (χ0) is 16.7. The Hall–Kier alpha value is -2.41. The normalized spacial score (nSPS) is 13.0. The van der Waals surface area contributed by atoms with E-state index in [2.05, 4.69) is 10.6 Å². The van der Waals surface area contributed by atoms with Gasteiger partial charge in [-0.3, -0.25) is 14.4 Å². The number of amides is 2. The highest BCUT2D eigenvalue weighted by Crippen LogP contribution is 2.11. The highest BCUT2D eigenvalue weighted by Gasteiger charge is 2.17. The van der Waals surface area contributed by atoms with Gasteiger partial charge in [-0.15, -0.1) is 0 Å². The molecule has 0 fully saturated rings. The Balaban J connectivity index is 2.68. The first-order valence-electron chi connectivity index (χ1n) is 6.86. The van der Waals surface area contributed by atoms with Crippen LogP contribution in [0, 0.1) is 0 Å². The van der Waals surface area contributed by atoms with Crippen molar-refractivity contribution in [3.63, 3.8) is 0 Å². The summed E-state index contributed by atoms with van der Waals surface area (Å²) in [6.45, 7) is 3.22. The van der Waals surface area contributed by atoms with Gasteiger partial charge in [0, 0.05) is 18.4 Å². The molecule has 3 N–H and O–H groups in total. The zero-order valence-corrected chi connectivity index (χ0v) is 12.8. The molecule has 0 saturated heterocycles. The van der Waals surface area contributed by atoms with Gasteiger partial charge < -0.3 is 20.5 Å². The van der Waals surface area contributed by atoms with E-state index < -0.39 is 24.0 Å². The van der Waals surface area contributed by atoms with E-state index in [1.54, 1.807) is 12.1 Å². The van der Waals surface area contributed by atoms with Crippen LogP contribution in [0.15, 0.2) is 24.3 Å². The number of ether oxygens (including phenoxy) is 1. The molecule has 0 aliphatic carbocycles. The van der Waals surface area contributed by atoms with Crippen molar-refractivity contribution in [3.8, 4) is 0 Å². The minimum atomic E-state index is -1.11. The first-order chi connectivity index (χ1) is 10.4. The van der Waals surface area contributed by atoms with Gasteiger partial charge in [0.25, 0.3) is 11.8 Å². The number of benzene rings is 1. The predicted molar refractivity (Wildman–Crippen MR) is 80.7 cm³/mol. The SMILES string of the molecule is CCC(OC)C(=O)Nc1ccc(C(=O)NC(C)C(=O)O)cc1. The summed E-state index contributed by atoms with van der Waals surface area (Å²) < 4.78 is 5.03. The Labute approximate surface area is 128 Å². The maximum Gasteiger partial charge on any atom is 0.325 e. The maximum absolute atomic E-state index is 11.8. The molecule has 0 heterocycles. The summed E-state index contributed by atoms with van der Waals surface area (Å²) >= 11 is 0. The van der Waals surface area contributed by atoms with E-state index in [4.69, 9.17) is 9.84 Å². The third-order valence-electron chi connectivity index (χ3n) is 3.08. The van der Waals surface area contributed by atoms with E-state index in [-0.39, 0.29) is 5.91 Å². The fourth-order valence-electron chi connectivity index (χ4n) is 1.73. The van der Waals surface area contributed by atoms with E-state index in [1.165, 1.54) is 26.2 Å². The van der Waals surface area contributed by atoms with Crippen molar-refractivity contribution >= 4 is 23.5 Å². The number of carboxylic acids is 1. The summed E-state index contributed by atoms with van der Waals surface area (Å²) in [4.78, 5) is 34.3. The van der Waals surface area contributed by atoms with E-state index in [0.29, 0.717) is 17.7 Å². The minimum Gasteiger partial charge on any atom is -0.480 e. The van der Waals surface area contributed by atoms with Crippen LogP contribution in [0.5, 0.6) is 0 Å². The van der Waals surface area contributed by atoms with Gasteiger partial charge in [-0.1, -0.05) is 6.92 Å². The molecule has 0 bridgehead atoms. The summed E-state index contributed by atoms with van der Waals surface area (Å²) in [6, 6.07) is 5.18. The number of nitrogens with one attached hydrogen (secondary N) is 2. The van der Waals surface area contributed by atoms with Gasteiger partial charge in [-0.25, -0.2) is 0 Å². The number of aliphatic carboxylic acids is 1. The average molecular weight is 308 g/mol. The first kappa shape index (κ1) is 17.6. The van der Waals surface area contributed by atoms with Crippen LogP contribution in [0.1, 0.15) is 30.6 Å². The molecule has 0 aliphatic heterocycles. The molecule has 2 amide bonds. The largest absolute Gasteiger partial charge is 0.480 e. The van der Waals surface area contributed by atoms with Crippen molar-refractivity contribution < 1.29 is 24.2 Å². The van der Waals surface area contributed by atoms with Crippen LogP contribution >= 0.6 is 0 Å². The number of hydrogen-bond acceptors (Lipinski definition) is 4. The van der Waals surface area contributed by atoms with Crippen LogP contribution < -0.4 is 10.6 Å². The number of methoxy groups -OCH3 is 1. The topological polar surface area (TPSA) is 105 Å². The molecule has 22 heavy (non-hydrogen) atoms. The van der Waals surface area contributed by atoms with Crippen molar-refractivity contribution in [2.24, 2.45) is 0 Å². The van der Waals surface area contributed by atoms with Crippen molar-refractivity contribution in [2.45, 2.75) is 32.4 Å². The minimum absolute atomic E-state index is 0.262. The molecular weight excluding hydrogens is 288 g/mol. The summed E-state index contributed by atoms with van der Waals surface area (Å²) in [5, 5.41) is 13.8. The Kier molecular flexibility index (Phi) is 6.52. The lowest BCUT2D eigenvalue weighted by Gasteiger charge is -2.13. The van der Waals surface area contributed by atoms with Crippen LogP contribution in [-0.4, -0.2) is 42.1 Å². The van der Waals surface area contributed by atoms with E-state index >= 15 is 0 Å². The quantitative estimate of drug-likeness (QED) is 0.703. The number of anilines is 1. The molecule has 2 atom stereocenters. The lowest BCUT2D eigenvalue weighted by molar-refractivity contribution is -0.138. The first-order valence-corrected chi connectivity index (χ1v) is 6.86. The second-order valence-electron chi connectivity index (χ2n) is 4.73. The Bertz CT molecular complexity index is 537. The molecule has 2 unspecified atom stereocenters. The smallest absolute Gasteiger partial charge is 0.325 e. The second kappa shape index (κ2) is 8.14. The van der Waals surface area contributed by atoms with Gasteiger partial charge in [0.1, 0.15) is 12.1 Å². The molecule has 0 aliphatic rings. The molecule has 0 radical (unpaired) electrons. The number of carbonyl (C=O) groups excluding carboxylic acids is 2. The standard InChI is InChI=1S/C15H20N2O5/c1-4-12(22-3)14(19)17-11-7-5-10(6-8-11)13(18)16-9(2)15(20)21/h5-9,12H,4H2,1-3H3,(H,16,18)(H,17,19)(H,20,21). The van der Waals surface area contributed by atoms with Gasteiger partial charge in [0.2, 0.25) is 0 Å². The van der Waals surface area contributed by atoms with Gasteiger partial charge >= 0.3 is 5.97 Å². The monoisotopic (exact) mass is 308 g/mol. The molecule has 1 aromatic rings. The summed E-state index contributed by atoms with van der Waals surface area (Å²) in [6.07, 6.45) is 0.0231. The van der Waals surface area contributed by atoms with Crippen molar-refractivity contribution in [3.05, 3.63) is 29.8 Å².